The summed E-state index contributed by atoms with van der Waals surface area (Å²) in [6.45, 7) is 6.64. The van der Waals surface area contributed by atoms with Gasteiger partial charge in [0.05, 0.1) is 12.9 Å². The van der Waals surface area contributed by atoms with Crippen LogP contribution in [0, 0.1) is 5.92 Å². The standard InChI is InChI=1S/C15H28N2O/c1-2-18-12-6-11-17-15-9-5-7-13(15)14-8-3-4-10-16-14/h2,13-17H,1,3-12H2. The Morgan fingerprint density at radius 3 is 2.94 bits per heavy atom. The zero-order valence-corrected chi connectivity index (χ0v) is 11.5. The molecule has 1 heterocycles. The Kier molecular flexibility index (Phi) is 6.01. The normalized spacial score (nSPS) is 32.3. The van der Waals surface area contributed by atoms with Gasteiger partial charge in [0.2, 0.25) is 0 Å². The molecule has 1 saturated carbocycles. The summed E-state index contributed by atoms with van der Waals surface area (Å²) in [4.78, 5) is 0. The van der Waals surface area contributed by atoms with E-state index < -0.39 is 0 Å². The first-order valence-electron chi connectivity index (χ1n) is 7.61. The van der Waals surface area contributed by atoms with Gasteiger partial charge in [0.15, 0.2) is 0 Å². The summed E-state index contributed by atoms with van der Waals surface area (Å²) in [7, 11) is 0. The Hall–Kier alpha value is -0.540. The van der Waals surface area contributed by atoms with Gasteiger partial charge in [0.1, 0.15) is 0 Å². The lowest BCUT2D eigenvalue weighted by molar-refractivity contribution is 0.230. The van der Waals surface area contributed by atoms with E-state index in [1.165, 1.54) is 51.3 Å². The third-order valence-corrected chi connectivity index (χ3v) is 4.40. The molecule has 0 radical (unpaired) electrons. The maximum Gasteiger partial charge on any atom is 0.0885 e. The molecule has 0 spiro atoms. The highest BCUT2D eigenvalue weighted by Crippen LogP contribution is 2.31. The van der Waals surface area contributed by atoms with Crippen molar-refractivity contribution in [2.24, 2.45) is 5.92 Å². The zero-order chi connectivity index (χ0) is 12.6. The summed E-state index contributed by atoms with van der Waals surface area (Å²) in [5.41, 5.74) is 0. The number of nitrogens with one attached hydrogen (secondary N) is 2. The molecule has 2 N–H and O–H groups in total. The van der Waals surface area contributed by atoms with Crippen molar-refractivity contribution in [1.82, 2.24) is 10.6 Å². The van der Waals surface area contributed by atoms with E-state index in [9.17, 15) is 0 Å². The fourth-order valence-electron chi connectivity index (χ4n) is 3.49. The molecule has 0 aromatic rings. The van der Waals surface area contributed by atoms with Crippen LogP contribution in [0.3, 0.4) is 0 Å². The highest BCUT2D eigenvalue weighted by molar-refractivity contribution is 4.92. The van der Waals surface area contributed by atoms with Crippen LogP contribution in [0.15, 0.2) is 12.8 Å². The largest absolute Gasteiger partial charge is 0.502 e. The average molecular weight is 252 g/mol. The molecule has 3 heteroatoms. The van der Waals surface area contributed by atoms with Crippen molar-refractivity contribution in [3.8, 4) is 0 Å². The smallest absolute Gasteiger partial charge is 0.0885 e. The quantitative estimate of drug-likeness (QED) is 0.539. The first-order chi connectivity index (χ1) is 8.92. The van der Waals surface area contributed by atoms with Gasteiger partial charge in [-0.2, -0.15) is 0 Å². The number of piperidine rings is 1. The maximum absolute atomic E-state index is 5.15. The van der Waals surface area contributed by atoms with Gasteiger partial charge in [-0.25, -0.2) is 0 Å². The first kappa shape index (κ1) is 13.9. The monoisotopic (exact) mass is 252 g/mol. The predicted octanol–water partition coefficient (Wildman–Crippen LogP) is 2.44. The number of rotatable bonds is 7. The molecule has 1 aliphatic carbocycles. The molecular formula is C15H28N2O. The lowest BCUT2D eigenvalue weighted by Gasteiger charge is -2.33. The molecule has 0 amide bonds. The summed E-state index contributed by atoms with van der Waals surface area (Å²) < 4.78 is 5.15. The first-order valence-corrected chi connectivity index (χ1v) is 7.61. The second-order valence-corrected chi connectivity index (χ2v) is 5.60. The number of hydrogen-bond acceptors (Lipinski definition) is 3. The molecule has 3 nitrogen and oxygen atoms in total. The molecule has 3 atom stereocenters. The summed E-state index contributed by atoms with van der Waals surface area (Å²) in [5.74, 6) is 0.852. The average Bonchev–Trinajstić information content (AvgIpc) is 2.88. The molecule has 18 heavy (non-hydrogen) atoms. The van der Waals surface area contributed by atoms with Crippen LogP contribution >= 0.6 is 0 Å². The summed E-state index contributed by atoms with van der Waals surface area (Å²) in [5, 5.41) is 7.46. The summed E-state index contributed by atoms with van der Waals surface area (Å²) in [6.07, 6.45) is 10.9. The zero-order valence-electron chi connectivity index (χ0n) is 11.5. The van der Waals surface area contributed by atoms with Crippen LogP contribution in [0.2, 0.25) is 0 Å². The molecule has 2 fully saturated rings. The van der Waals surface area contributed by atoms with E-state index >= 15 is 0 Å². The molecule has 2 rings (SSSR count). The van der Waals surface area contributed by atoms with Gasteiger partial charge in [0, 0.05) is 12.1 Å². The molecule has 2 aliphatic rings. The highest BCUT2D eigenvalue weighted by Gasteiger charge is 2.33. The topological polar surface area (TPSA) is 33.3 Å². The molecule has 3 unspecified atom stereocenters. The van der Waals surface area contributed by atoms with Gasteiger partial charge in [-0.1, -0.05) is 19.4 Å². The van der Waals surface area contributed by atoms with Gasteiger partial charge < -0.3 is 15.4 Å². The van der Waals surface area contributed by atoms with E-state index in [2.05, 4.69) is 17.2 Å². The molecular weight excluding hydrogens is 224 g/mol. The molecule has 1 aliphatic heterocycles. The SMILES string of the molecule is C=COCCCNC1CCCC1C1CCCCN1. The number of ether oxygens (including phenoxy) is 1. The maximum atomic E-state index is 5.15. The van der Waals surface area contributed by atoms with Crippen LogP contribution in [0.25, 0.3) is 0 Å². The second-order valence-electron chi connectivity index (χ2n) is 5.60. The number of hydrogen-bond donors (Lipinski definition) is 2. The van der Waals surface area contributed by atoms with E-state index in [-0.39, 0.29) is 0 Å². The van der Waals surface area contributed by atoms with Gasteiger partial charge in [-0.3, -0.25) is 0 Å². The molecule has 0 bridgehead atoms. The van der Waals surface area contributed by atoms with Crippen LogP contribution in [0.5, 0.6) is 0 Å². The predicted molar refractivity (Wildman–Crippen MR) is 75.5 cm³/mol. The van der Waals surface area contributed by atoms with E-state index in [4.69, 9.17) is 4.74 Å². The van der Waals surface area contributed by atoms with Crippen molar-refractivity contribution in [2.45, 2.75) is 57.0 Å². The van der Waals surface area contributed by atoms with Crippen molar-refractivity contribution in [3.63, 3.8) is 0 Å². The summed E-state index contributed by atoms with van der Waals surface area (Å²) >= 11 is 0. The van der Waals surface area contributed by atoms with Crippen molar-refractivity contribution >= 4 is 0 Å². The molecule has 104 valence electrons. The lowest BCUT2D eigenvalue weighted by Crippen LogP contribution is -2.47. The van der Waals surface area contributed by atoms with Crippen molar-refractivity contribution < 1.29 is 4.74 Å². The Morgan fingerprint density at radius 2 is 2.17 bits per heavy atom. The molecule has 0 aromatic heterocycles. The van der Waals surface area contributed by atoms with Gasteiger partial charge in [-0.05, 0) is 51.1 Å². The molecule has 0 aromatic carbocycles. The van der Waals surface area contributed by atoms with Crippen LogP contribution < -0.4 is 10.6 Å². The Bertz CT molecular complexity index is 239. The van der Waals surface area contributed by atoms with Crippen LogP contribution in [-0.2, 0) is 4.74 Å². The van der Waals surface area contributed by atoms with Gasteiger partial charge in [0.25, 0.3) is 0 Å². The van der Waals surface area contributed by atoms with Crippen molar-refractivity contribution in [1.29, 1.82) is 0 Å². The Labute approximate surface area is 111 Å². The second kappa shape index (κ2) is 7.80. The van der Waals surface area contributed by atoms with E-state index in [1.807, 2.05) is 0 Å². The fourth-order valence-corrected chi connectivity index (χ4v) is 3.49. The van der Waals surface area contributed by atoms with Crippen molar-refractivity contribution in [2.75, 3.05) is 19.7 Å². The minimum atomic E-state index is 0.726. The van der Waals surface area contributed by atoms with Gasteiger partial charge in [-0.15, -0.1) is 0 Å². The van der Waals surface area contributed by atoms with E-state index in [1.54, 1.807) is 0 Å². The minimum absolute atomic E-state index is 0.726. The van der Waals surface area contributed by atoms with E-state index in [0.717, 1.165) is 37.6 Å². The van der Waals surface area contributed by atoms with E-state index in [0.29, 0.717) is 0 Å². The molecule has 1 saturated heterocycles. The lowest BCUT2D eigenvalue weighted by atomic mass is 9.88. The highest BCUT2D eigenvalue weighted by atomic mass is 16.5. The third kappa shape index (κ3) is 3.99. The minimum Gasteiger partial charge on any atom is -0.502 e. The van der Waals surface area contributed by atoms with Gasteiger partial charge >= 0.3 is 0 Å². The van der Waals surface area contributed by atoms with Crippen LogP contribution in [0.4, 0.5) is 0 Å². The fraction of sp³-hybridized carbons (Fsp3) is 0.867. The Balaban J connectivity index is 1.68. The van der Waals surface area contributed by atoms with Crippen molar-refractivity contribution in [3.05, 3.63) is 12.8 Å². The Morgan fingerprint density at radius 1 is 1.22 bits per heavy atom. The van der Waals surface area contributed by atoms with Crippen LogP contribution in [0.1, 0.15) is 44.9 Å². The van der Waals surface area contributed by atoms with Crippen LogP contribution in [-0.4, -0.2) is 31.8 Å². The summed E-state index contributed by atoms with van der Waals surface area (Å²) in [6, 6.07) is 1.49. The third-order valence-electron chi connectivity index (χ3n) is 4.40.